The standard InChI is InChI=1S/C19H19Cl2N5O4/c1-8(2)11-5-10(24-26(4)18(11)28)6-12-13(20)7-14(9(3)15(12)21)22-17(27)16-23-19(29)30-25-16/h5,7-8H,6H2,1-4H3,(H,22,27)(H,23,25,29). The van der Waals surface area contributed by atoms with E-state index in [4.69, 9.17) is 23.2 Å². The Morgan fingerprint density at radius 2 is 2.00 bits per heavy atom. The summed E-state index contributed by atoms with van der Waals surface area (Å²) in [4.78, 5) is 38.9. The van der Waals surface area contributed by atoms with E-state index in [-0.39, 0.29) is 17.3 Å². The number of nitrogens with one attached hydrogen (secondary N) is 2. The number of H-pyrrole nitrogens is 1. The lowest BCUT2D eigenvalue weighted by Gasteiger charge is -2.15. The van der Waals surface area contributed by atoms with E-state index in [1.54, 1.807) is 26.1 Å². The van der Waals surface area contributed by atoms with E-state index in [1.807, 2.05) is 13.8 Å². The second-order valence-corrected chi connectivity index (χ2v) is 7.84. The molecule has 1 amide bonds. The third-order valence-corrected chi connectivity index (χ3v) is 5.43. The first-order chi connectivity index (χ1) is 14.1. The Morgan fingerprint density at radius 3 is 2.60 bits per heavy atom. The highest BCUT2D eigenvalue weighted by Crippen LogP contribution is 2.35. The molecule has 3 aromatic rings. The van der Waals surface area contributed by atoms with E-state index in [0.29, 0.717) is 44.5 Å². The number of benzene rings is 1. The predicted octanol–water partition coefficient (Wildman–Crippen LogP) is 3.04. The van der Waals surface area contributed by atoms with Crippen LogP contribution in [0.25, 0.3) is 0 Å². The van der Waals surface area contributed by atoms with Gasteiger partial charge in [-0.05, 0) is 36.1 Å². The first-order valence-electron chi connectivity index (χ1n) is 9.00. The fraction of sp³-hybridized carbons (Fsp3) is 0.316. The number of anilines is 1. The van der Waals surface area contributed by atoms with Crippen LogP contribution in [0.15, 0.2) is 26.2 Å². The van der Waals surface area contributed by atoms with Gasteiger partial charge in [-0.2, -0.15) is 10.3 Å². The molecule has 0 aliphatic heterocycles. The third-order valence-electron chi connectivity index (χ3n) is 4.58. The van der Waals surface area contributed by atoms with Gasteiger partial charge in [0.25, 0.3) is 11.5 Å². The Balaban J connectivity index is 1.95. The molecule has 2 aromatic heterocycles. The van der Waals surface area contributed by atoms with Crippen molar-refractivity contribution in [3.63, 3.8) is 0 Å². The Labute approximate surface area is 181 Å². The Kier molecular flexibility index (Phi) is 6.14. The normalized spacial score (nSPS) is 11.2. The van der Waals surface area contributed by atoms with Crippen molar-refractivity contribution in [3.8, 4) is 0 Å². The topological polar surface area (TPSA) is 123 Å². The number of nitrogens with zero attached hydrogens (tertiary/aromatic N) is 3. The van der Waals surface area contributed by atoms with Gasteiger partial charge >= 0.3 is 5.76 Å². The molecule has 2 heterocycles. The zero-order valence-corrected chi connectivity index (χ0v) is 18.2. The van der Waals surface area contributed by atoms with Crippen molar-refractivity contribution in [2.24, 2.45) is 7.05 Å². The number of aromatic amines is 1. The average Bonchev–Trinajstić information content (AvgIpc) is 3.12. The number of aryl methyl sites for hydroxylation is 1. The van der Waals surface area contributed by atoms with Crippen LogP contribution in [0.2, 0.25) is 10.0 Å². The SMILES string of the molecule is Cc1c(NC(=O)c2nc(=O)o[nH]2)cc(Cl)c(Cc2cc(C(C)C)c(=O)n(C)n2)c1Cl. The van der Waals surface area contributed by atoms with Gasteiger partial charge < -0.3 is 9.84 Å². The van der Waals surface area contributed by atoms with Crippen LogP contribution in [-0.2, 0) is 13.5 Å². The van der Waals surface area contributed by atoms with Crippen molar-refractivity contribution in [1.29, 1.82) is 0 Å². The van der Waals surface area contributed by atoms with E-state index >= 15 is 0 Å². The molecule has 0 bridgehead atoms. The summed E-state index contributed by atoms with van der Waals surface area (Å²) in [5, 5.41) is 9.69. The Morgan fingerprint density at radius 1 is 1.30 bits per heavy atom. The van der Waals surface area contributed by atoms with Crippen LogP contribution in [0.4, 0.5) is 5.69 Å². The van der Waals surface area contributed by atoms with Crippen molar-refractivity contribution in [2.45, 2.75) is 33.1 Å². The summed E-state index contributed by atoms with van der Waals surface area (Å²) in [6.45, 7) is 5.59. The molecule has 9 nitrogen and oxygen atoms in total. The van der Waals surface area contributed by atoms with Crippen molar-refractivity contribution in [3.05, 3.63) is 71.3 Å². The molecule has 11 heteroatoms. The molecule has 30 heavy (non-hydrogen) atoms. The van der Waals surface area contributed by atoms with Crippen LogP contribution in [0.5, 0.6) is 0 Å². The average molecular weight is 452 g/mol. The maximum absolute atomic E-state index is 12.2. The van der Waals surface area contributed by atoms with Gasteiger partial charge in [0.15, 0.2) is 0 Å². The van der Waals surface area contributed by atoms with Gasteiger partial charge in [-0.3, -0.25) is 9.59 Å². The van der Waals surface area contributed by atoms with E-state index in [9.17, 15) is 14.4 Å². The molecule has 0 aliphatic carbocycles. The molecule has 0 saturated carbocycles. The maximum atomic E-state index is 12.2. The van der Waals surface area contributed by atoms with Gasteiger partial charge in [0.1, 0.15) is 0 Å². The number of hydrogen-bond donors (Lipinski definition) is 2. The van der Waals surface area contributed by atoms with E-state index < -0.39 is 11.7 Å². The monoisotopic (exact) mass is 451 g/mol. The van der Waals surface area contributed by atoms with Gasteiger partial charge in [0, 0.05) is 29.7 Å². The number of aromatic nitrogens is 4. The van der Waals surface area contributed by atoms with Crippen LogP contribution in [-0.4, -0.2) is 25.8 Å². The van der Waals surface area contributed by atoms with Gasteiger partial charge in [-0.25, -0.2) is 9.48 Å². The highest BCUT2D eigenvalue weighted by molar-refractivity contribution is 6.37. The van der Waals surface area contributed by atoms with Crippen LogP contribution < -0.4 is 16.6 Å². The zero-order chi connectivity index (χ0) is 22.2. The Hall–Kier alpha value is -2.91. The van der Waals surface area contributed by atoms with Crippen molar-refractivity contribution < 1.29 is 9.32 Å². The predicted molar refractivity (Wildman–Crippen MR) is 113 cm³/mol. The van der Waals surface area contributed by atoms with Crippen LogP contribution in [0.1, 0.15) is 52.8 Å². The molecule has 3 rings (SSSR count). The van der Waals surface area contributed by atoms with Gasteiger partial charge in [0.05, 0.1) is 10.7 Å². The summed E-state index contributed by atoms with van der Waals surface area (Å²) in [6, 6.07) is 3.31. The molecular formula is C19H19Cl2N5O4. The van der Waals surface area contributed by atoms with Crippen molar-refractivity contribution in [2.75, 3.05) is 5.32 Å². The summed E-state index contributed by atoms with van der Waals surface area (Å²) in [5.74, 6) is -1.82. The van der Waals surface area contributed by atoms with Crippen LogP contribution in [0, 0.1) is 6.92 Å². The number of carbonyl (C=O) groups is 1. The number of amides is 1. The summed E-state index contributed by atoms with van der Waals surface area (Å²) in [7, 11) is 1.60. The highest BCUT2D eigenvalue weighted by atomic mass is 35.5. The first kappa shape index (κ1) is 21.8. The van der Waals surface area contributed by atoms with E-state index in [0.717, 1.165) is 0 Å². The summed E-state index contributed by atoms with van der Waals surface area (Å²) >= 11 is 13.0. The summed E-state index contributed by atoms with van der Waals surface area (Å²) < 4.78 is 5.69. The molecule has 0 saturated heterocycles. The molecule has 1 aromatic carbocycles. The van der Waals surface area contributed by atoms with Gasteiger partial charge in [0.2, 0.25) is 5.82 Å². The smallest absolute Gasteiger partial charge is 0.321 e. The fourth-order valence-corrected chi connectivity index (χ4v) is 3.54. The molecule has 2 N–H and O–H groups in total. The molecule has 0 spiro atoms. The fourth-order valence-electron chi connectivity index (χ4n) is 2.95. The molecule has 158 valence electrons. The van der Waals surface area contributed by atoms with Crippen molar-refractivity contribution in [1.82, 2.24) is 19.9 Å². The van der Waals surface area contributed by atoms with Crippen LogP contribution in [0.3, 0.4) is 0 Å². The quantitative estimate of drug-likeness (QED) is 0.614. The minimum absolute atomic E-state index is 0.0405. The lowest BCUT2D eigenvalue weighted by atomic mass is 10.0. The molecule has 0 fully saturated rings. The van der Waals surface area contributed by atoms with E-state index in [1.165, 1.54) is 4.68 Å². The number of carbonyl (C=O) groups excluding carboxylic acids is 1. The second-order valence-electron chi connectivity index (χ2n) is 7.06. The first-order valence-corrected chi connectivity index (χ1v) is 9.75. The largest absolute Gasteiger partial charge is 0.460 e. The lowest BCUT2D eigenvalue weighted by molar-refractivity contribution is 0.101. The number of halogens is 2. The third kappa shape index (κ3) is 4.31. The van der Waals surface area contributed by atoms with Crippen molar-refractivity contribution >= 4 is 34.8 Å². The maximum Gasteiger partial charge on any atom is 0.460 e. The number of hydrogen-bond acceptors (Lipinski definition) is 6. The minimum Gasteiger partial charge on any atom is -0.321 e. The lowest BCUT2D eigenvalue weighted by Crippen LogP contribution is -2.25. The van der Waals surface area contributed by atoms with Gasteiger partial charge in [-0.15, -0.1) is 4.98 Å². The minimum atomic E-state index is -0.909. The zero-order valence-electron chi connectivity index (χ0n) is 16.7. The molecule has 0 radical (unpaired) electrons. The highest BCUT2D eigenvalue weighted by Gasteiger charge is 2.19. The Bertz CT molecular complexity index is 1240. The number of rotatable bonds is 5. The van der Waals surface area contributed by atoms with Crippen LogP contribution >= 0.6 is 23.2 Å². The van der Waals surface area contributed by atoms with E-state index in [2.05, 4.69) is 25.1 Å². The second kappa shape index (κ2) is 8.45. The summed E-state index contributed by atoms with van der Waals surface area (Å²) in [5.41, 5.74) is 2.69. The molecule has 0 unspecified atom stereocenters. The molecule has 0 aliphatic rings. The molecule has 0 atom stereocenters. The molecular weight excluding hydrogens is 433 g/mol. The summed E-state index contributed by atoms with van der Waals surface area (Å²) in [6.07, 6.45) is 0.303. The van der Waals surface area contributed by atoms with Gasteiger partial charge in [-0.1, -0.05) is 37.0 Å².